The summed E-state index contributed by atoms with van der Waals surface area (Å²) >= 11 is 1.58. The van der Waals surface area contributed by atoms with Crippen LogP contribution in [0.2, 0.25) is 0 Å². The molecule has 3 heteroatoms. The van der Waals surface area contributed by atoms with E-state index in [2.05, 4.69) is 0 Å². The van der Waals surface area contributed by atoms with E-state index >= 15 is 0 Å². The fourth-order valence-corrected chi connectivity index (χ4v) is 2.14. The van der Waals surface area contributed by atoms with Gasteiger partial charge in [0.1, 0.15) is 0 Å². The van der Waals surface area contributed by atoms with Gasteiger partial charge in [-0.05, 0) is 31.2 Å². The van der Waals surface area contributed by atoms with Crippen LogP contribution < -0.4 is 0 Å². The summed E-state index contributed by atoms with van der Waals surface area (Å²) in [7, 11) is 0. The number of nitrogens with zero attached hydrogens (tertiary/aromatic N) is 1. The van der Waals surface area contributed by atoms with Crippen molar-refractivity contribution >= 4 is 17.2 Å². The van der Waals surface area contributed by atoms with E-state index in [-0.39, 0.29) is 5.91 Å². The highest BCUT2D eigenvalue weighted by molar-refractivity contribution is 7.08. The minimum atomic E-state index is 0.200. The maximum absolute atomic E-state index is 11.9. The van der Waals surface area contributed by atoms with Gasteiger partial charge in [-0.2, -0.15) is 11.3 Å². The lowest BCUT2D eigenvalue weighted by Gasteiger charge is -2.19. The van der Waals surface area contributed by atoms with Gasteiger partial charge in [0, 0.05) is 18.0 Å². The van der Waals surface area contributed by atoms with E-state index < -0.39 is 0 Å². The molecule has 0 spiro atoms. The molecule has 70 valence electrons. The topological polar surface area (TPSA) is 20.3 Å². The molecule has 1 amide bonds. The highest BCUT2D eigenvalue weighted by Crippen LogP contribution is 2.28. The average Bonchev–Trinajstić information content (AvgIpc) is 2.83. The molecule has 1 saturated carbocycles. The van der Waals surface area contributed by atoms with Crippen LogP contribution >= 0.6 is 11.3 Å². The SMILES string of the molecule is CCN(C(=O)c1ccsc1)C1CC1. The Kier molecular flexibility index (Phi) is 2.36. The van der Waals surface area contributed by atoms with Crippen molar-refractivity contribution < 1.29 is 4.79 Å². The van der Waals surface area contributed by atoms with Crippen molar-refractivity contribution in [1.82, 2.24) is 4.90 Å². The Morgan fingerprint density at radius 3 is 2.92 bits per heavy atom. The number of hydrogen-bond donors (Lipinski definition) is 0. The first kappa shape index (κ1) is 8.75. The number of amides is 1. The van der Waals surface area contributed by atoms with Gasteiger partial charge in [-0.1, -0.05) is 0 Å². The lowest BCUT2D eigenvalue weighted by molar-refractivity contribution is 0.0753. The number of carbonyl (C=O) groups is 1. The van der Waals surface area contributed by atoms with Gasteiger partial charge in [0.15, 0.2) is 0 Å². The molecule has 1 aliphatic rings. The third-order valence-electron chi connectivity index (χ3n) is 2.36. The Hall–Kier alpha value is -0.830. The molecule has 1 heterocycles. The second kappa shape index (κ2) is 3.50. The van der Waals surface area contributed by atoms with Gasteiger partial charge in [0.05, 0.1) is 5.56 Å². The van der Waals surface area contributed by atoms with Gasteiger partial charge in [0.2, 0.25) is 0 Å². The quantitative estimate of drug-likeness (QED) is 0.725. The van der Waals surface area contributed by atoms with Crippen LogP contribution in [0.15, 0.2) is 16.8 Å². The van der Waals surface area contributed by atoms with E-state index in [1.165, 1.54) is 12.8 Å². The van der Waals surface area contributed by atoms with Crippen molar-refractivity contribution in [3.63, 3.8) is 0 Å². The summed E-state index contributed by atoms with van der Waals surface area (Å²) in [5, 5.41) is 3.88. The molecule has 0 atom stereocenters. The number of hydrogen-bond acceptors (Lipinski definition) is 2. The fourth-order valence-electron chi connectivity index (χ4n) is 1.51. The van der Waals surface area contributed by atoms with Crippen LogP contribution in [0.25, 0.3) is 0 Å². The largest absolute Gasteiger partial charge is 0.336 e. The Balaban J connectivity index is 2.10. The highest BCUT2D eigenvalue weighted by Gasteiger charge is 2.31. The van der Waals surface area contributed by atoms with Crippen LogP contribution in [0.5, 0.6) is 0 Å². The second-order valence-corrected chi connectivity index (χ2v) is 4.11. The average molecular weight is 195 g/mol. The Morgan fingerprint density at radius 2 is 2.46 bits per heavy atom. The summed E-state index contributed by atoms with van der Waals surface area (Å²) in [4.78, 5) is 13.8. The predicted molar refractivity (Wildman–Crippen MR) is 54.1 cm³/mol. The lowest BCUT2D eigenvalue weighted by Crippen LogP contribution is -2.32. The maximum Gasteiger partial charge on any atom is 0.254 e. The summed E-state index contributed by atoms with van der Waals surface area (Å²) in [6.07, 6.45) is 2.37. The van der Waals surface area contributed by atoms with Crippen molar-refractivity contribution in [3.8, 4) is 0 Å². The van der Waals surface area contributed by atoms with E-state index in [1.54, 1.807) is 11.3 Å². The summed E-state index contributed by atoms with van der Waals surface area (Å²) < 4.78 is 0. The van der Waals surface area contributed by atoms with E-state index in [0.29, 0.717) is 6.04 Å². The summed E-state index contributed by atoms with van der Waals surface area (Å²) in [6, 6.07) is 2.43. The highest BCUT2D eigenvalue weighted by atomic mass is 32.1. The minimum Gasteiger partial charge on any atom is -0.336 e. The van der Waals surface area contributed by atoms with Crippen molar-refractivity contribution in [3.05, 3.63) is 22.4 Å². The van der Waals surface area contributed by atoms with Crippen LogP contribution in [0.3, 0.4) is 0 Å². The molecule has 1 aromatic rings. The Morgan fingerprint density at radius 1 is 1.69 bits per heavy atom. The maximum atomic E-state index is 11.9. The van der Waals surface area contributed by atoms with Crippen LogP contribution in [0.1, 0.15) is 30.1 Å². The standard InChI is InChI=1S/C10H13NOS/c1-2-11(9-3-4-9)10(12)8-5-6-13-7-8/h5-7,9H,2-4H2,1H3. The normalized spacial score (nSPS) is 15.8. The zero-order valence-electron chi connectivity index (χ0n) is 7.69. The molecule has 0 aliphatic heterocycles. The number of carbonyl (C=O) groups excluding carboxylic acids is 1. The third kappa shape index (κ3) is 1.75. The van der Waals surface area contributed by atoms with Crippen molar-refractivity contribution in [1.29, 1.82) is 0 Å². The van der Waals surface area contributed by atoms with Crippen LogP contribution in [-0.2, 0) is 0 Å². The molecule has 0 bridgehead atoms. The van der Waals surface area contributed by atoms with E-state index in [4.69, 9.17) is 0 Å². The lowest BCUT2D eigenvalue weighted by atomic mass is 10.3. The zero-order valence-corrected chi connectivity index (χ0v) is 8.51. The summed E-state index contributed by atoms with van der Waals surface area (Å²) in [5.74, 6) is 0.200. The molecule has 2 nitrogen and oxygen atoms in total. The predicted octanol–water partition coefficient (Wildman–Crippen LogP) is 2.37. The second-order valence-electron chi connectivity index (χ2n) is 3.33. The number of thiophene rings is 1. The van der Waals surface area contributed by atoms with Gasteiger partial charge in [-0.15, -0.1) is 0 Å². The Labute approximate surface area is 82.2 Å². The first-order chi connectivity index (χ1) is 6.33. The molecule has 2 rings (SSSR count). The van der Waals surface area contributed by atoms with E-state index in [0.717, 1.165) is 12.1 Å². The van der Waals surface area contributed by atoms with Gasteiger partial charge in [0.25, 0.3) is 5.91 Å². The van der Waals surface area contributed by atoms with Gasteiger partial charge < -0.3 is 4.90 Å². The van der Waals surface area contributed by atoms with Gasteiger partial charge in [-0.25, -0.2) is 0 Å². The fraction of sp³-hybridized carbons (Fsp3) is 0.500. The molecular weight excluding hydrogens is 182 g/mol. The van der Waals surface area contributed by atoms with Crippen LogP contribution in [0, 0.1) is 0 Å². The minimum absolute atomic E-state index is 0.200. The molecule has 0 aromatic carbocycles. The molecule has 0 radical (unpaired) electrons. The molecule has 1 fully saturated rings. The molecule has 0 saturated heterocycles. The van der Waals surface area contributed by atoms with Crippen LogP contribution in [-0.4, -0.2) is 23.4 Å². The number of rotatable bonds is 3. The van der Waals surface area contributed by atoms with Crippen molar-refractivity contribution in [2.45, 2.75) is 25.8 Å². The molecule has 1 aliphatic carbocycles. The van der Waals surface area contributed by atoms with E-state index in [1.807, 2.05) is 28.7 Å². The summed E-state index contributed by atoms with van der Waals surface area (Å²) in [6.45, 7) is 2.88. The molecule has 0 unspecified atom stereocenters. The molecule has 1 aromatic heterocycles. The zero-order chi connectivity index (χ0) is 9.26. The Bertz CT molecular complexity index is 290. The van der Waals surface area contributed by atoms with Crippen molar-refractivity contribution in [2.75, 3.05) is 6.54 Å². The van der Waals surface area contributed by atoms with Gasteiger partial charge >= 0.3 is 0 Å². The van der Waals surface area contributed by atoms with Crippen molar-refractivity contribution in [2.24, 2.45) is 0 Å². The molecular formula is C10H13NOS. The molecule has 13 heavy (non-hydrogen) atoms. The van der Waals surface area contributed by atoms with Crippen LogP contribution in [0.4, 0.5) is 0 Å². The first-order valence-electron chi connectivity index (χ1n) is 4.66. The monoisotopic (exact) mass is 195 g/mol. The smallest absolute Gasteiger partial charge is 0.254 e. The van der Waals surface area contributed by atoms with E-state index in [9.17, 15) is 4.79 Å². The summed E-state index contributed by atoms with van der Waals surface area (Å²) in [5.41, 5.74) is 0.846. The molecule has 0 N–H and O–H groups in total. The first-order valence-corrected chi connectivity index (χ1v) is 5.60. The van der Waals surface area contributed by atoms with Gasteiger partial charge in [-0.3, -0.25) is 4.79 Å². The third-order valence-corrected chi connectivity index (χ3v) is 3.04.